The maximum absolute atomic E-state index is 5.57. The van der Waals surface area contributed by atoms with Crippen molar-refractivity contribution >= 4 is 0 Å². The Bertz CT molecular complexity index is 413. The van der Waals surface area contributed by atoms with E-state index in [0.717, 1.165) is 19.3 Å². The van der Waals surface area contributed by atoms with Crippen molar-refractivity contribution < 1.29 is 9.26 Å². The van der Waals surface area contributed by atoms with Crippen molar-refractivity contribution in [2.75, 3.05) is 14.2 Å². The standard InChI is InChI=1S/C14H25N3O2/c1-13(2,3)10(15-4)9-11-16-12(17-19-11)14(18-5)7-6-8-14/h10,15H,6-9H2,1-5H3. The number of aromatic nitrogens is 2. The Kier molecular flexibility index (Phi) is 3.97. The summed E-state index contributed by atoms with van der Waals surface area (Å²) in [4.78, 5) is 4.53. The van der Waals surface area contributed by atoms with Crippen LogP contribution in [-0.2, 0) is 16.8 Å². The number of rotatable bonds is 5. The molecule has 1 N–H and O–H groups in total. The number of hydrogen-bond donors (Lipinski definition) is 1. The van der Waals surface area contributed by atoms with Gasteiger partial charge in [0.05, 0.1) is 0 Å². The summed E-state index contributed by atoms with van der Waals surface area (Å²) >= 11 is 0. The van der Waals surface area contributed by atoms with E-state index in [9.17, 15) is 0 Å². The number of hydrogen-bond acceptors (Lipinski definition) is 5. The molecule has 108 valence electrons. The summed E-state index contributed by atoms with van der Waals surface area (Å²) in [6.45, 7) is 6.61. The molecule has 1 saturated carbocycles. The Morgan fingerprint density at radius 1 is 1.42 bits per heavy atom. The molecule has 1 unspecified atom stereocenters. The molecule has 0 radical (unpaired) electrons. The first-order valence-corrected chi connectivity index (χ1v) is 6.97. The summed E-state index contributed by atoms with van der Waals surface area (Å²) in [6.07, 6.45) is 3.88. The van der Waals surface area contributed by atoms with Crippen molar-refractivity contribution in [3.05, 3.63) is 11.7 Å². The highest BCUT2D eigenvalue weighted by Gasteiger charge is 2.43. The van der Waals surface area contributed by atoms with Crippen LogP contribution in [0.2, 0.25) is 0 Å². The molecule has 2 rings (SSSR count). The van der Waals surface area contributed by atoms with Crippen molar-refractivity contribution in [3.8, 4) is 0 Å². The van der Waals surface area contributed by atoms with Crippen molar-refractivity contribution in [3.63, 3.8) is 0 Å². The fraction of sp³-hybridized carbons (Fsp3) is 0.857. The molecule has 0 bridgehead atoms. The molecular formula is C14H25N3O2. The van der Waals surface area contributed by atoms with E-state index in [4.69, 9.17) is 9.26 Å². The Morgan fingerprint density at radius 2 is 2.11 bits per heavy atom. The van der Waals surface area contributed by atoms with Crippen LogP contribution in [0.15, 0.2) is 4.52 Å². The van der Waals surface area contributed by atoms with Gasteiger partial charge in [-0.25, -0.2) is 0 Å². The number of methoxy groups -OCH3 is 1. The number of nitrogens with zero attached hydrogens (tertiary/aromatic N) is 2. The molecular weight excluding hydrogens is 242 g/mol. The predicted octanol–water partition coefficient (Wildman–Crippen LogP) is 2.27. The molecule has 1 heterocycles. The molecule has 5 nitrogen and oxygen atoms in total. The third-order valence-electron chi connectivity index (χ3n) is 4.20. The monoisotopic (exact) mass is 267 g/mol. The van der Waals surface area contributed by atoms with Crippen LogP contribution in [0.25, 0.3) is 0 Å². The largest absolute Gasteiger partial charge is 0.370 e. The first-order valence-electron chi connectivity index (χ1n) is 6.97. The molecule has 1 aliphatic rings. The maximum atomic E-state index is 5.57. The van der Waals surface area contributed by atoms with Crippen molar-refractivity contribution in [1.82, 2.24) is 15.5 Å². The zero-order chi connectivity index (χ0) is 14.1. The first-order chi connectivity index (χ1) is 8.91. The van der Waals surface area contributed by atoms with Gasteiger partial charge in [0.1, 0.15) is 5.60 Å². The van der Waals surface area contributed by atoms with Crippen LogP contribution in [-0.4, -0.2) is 30.3 Å². The topological polar surface area (TPSA) is 60.2 Å². The summed E-state index contributed by atoms with van der Waals surface area (Å²) in [5, 5.41) is 7.43. The third kappa shape index (κ3) is 2.82. The molecule has 0 saturated heterocycles. The van der Waals surface area contributed by atoms with Gasteiger partial charge >= 0.3 is 0 Å². The Morgan fingerprint density at radius 3 is 2.53 bits per heavy atom. The number of nitrogens with one attached hydrogen (secondary N) is 1. The quantitative estimate of drug-likeness (QED) is 0.886. The van der Waals surface area contributed by atoms with E-state index < -0.39 is 0 Å². The van der Waals surface area contributed by atoms with Gasteiger partial charge in [-0.3, -0.25) is 0 Å². The second kappa shape index (κ2) is 5.21. The highest BCUT2D eigenvalue weighted by atomic mass is 16.5. The normalized spacial score (nSPS) is 20.1. The van der Waals surface area contributed by atoms with Crippen molar-refractivity contribution in [2.24, 2.45) is 5.41 Å². The van der Waals surface area contributed by atoms with Crippen LogP contribution in [0.4, 0.5) is 0 Å². The second-order valence-corrected chi connectivity index (χ2v) is 6.48. The minimum Gasteiger partial charge on any atom is -0.370 e. The van der Waals surface area contributed by atoms with Crippen LogP contribution in [0, 0.1) is 5.41 Å². The summed E-state index contributed by atoms with van der Waals surface area (Å²) in [5.74, 6) is 1.40. The Labute approximate surface area is 115 Å². The molecule has 0 amide bonds. The van der Waals surface area contributed by atoms with Crippen LogP contribution >= 0.6 is 0 Å². The molecule has 1 aromatic heterocycles. The van der Waals surface area contributed by atoms with Gasteiger partial charge in [0.2, 0.25) is 11.7 Å². The van der Waals surface area contributed by atoms with Crippen molar-refractivity contribution in [1.29, 1.82) is 0 Å². The van der Waals surface area contributed by atoms with E-state index in [2.05, 4.69) is 36.2 Å². The molecule has 1 aromatic rings. The minimum absolute atomic E-state index is 0.152. The van der Waals surface area contributed by atoms with Gasteiger partial charge in [0, 0.05) is 19.6 Å². The molecule has 0 aromatic carbocycles. The highest BCUT2D eigenvalue weighted by molar-refractivity contribution is 5.07. The van der Waals surface area contributed by atoms with Gasteiger partial charge in [-0.15, -0.1) is 0 Å². The Balaban J connectivity index is 2.09. The molecule has 0 spiro atoms. The fourth-order valence-electron chi connectivity index (χ4n) is 2.56. The molecule has 5 heteroatoms. The minimum atomic E-state index is -0.293. The van der Waals surface area contributed by atoms with Crippen molar-refractivity contribution in [2.45, 2.75) is 58.1 Å². The maximum Gasteiger partial charge on any atom is 0.228 e. The van der Waals surface area contributed by atoms with Crippen LogP contribution in [0.5, 0.6) is 0 Å². The Hall–Kier alpha value is -0.940. The average Bonchev–Trinajstić information content (AvgIpc) is 2.72. The summed E-state index contributed by atoms with van der Waals surface area (Å²) in [7, 11) is 3.69. The van der Waals surface area contributed by atoms with E-state index in [1.165, 1.54) is 6.42 Å². The lowest BCUT2D eigenvalue weighted by Gasteiger charge is -2.37. The smallest absolute Gasteiger partial charge is 0.228 e. The molecule has 0 aliphatic heterocycles. The van der Waals surface area contributed by atoms with Gasteiger partial charge < -0.3 is 14.6 Å². The van der Waals surface area contributed by atoms with E-state index in [1.54, 1.807) is 7.11 Å². The molecule has 19 heavy (non-hydrogen) atoms. The van der Waals surface area contributed by atoms with Crippen LogP contribution in [0.1, 0.15) is 51.7 Å². The van der Waals surface area contributed by atoms with Crippen LogP contribution < -0.4 is 5.32 Å². The van der Waals surface area contributed by atoms with Gasteiger partial charge in [0.25, 0.3) is 0 Å². The van der Waals surface area contributed by atoms with E-state index in [1.807, 2.05) is 7.05 Å². The van der Waals surface area contributed by atoms with Gasteiger partial charge in [0.15, 0.2) is 0 Å². The SMILES string of the molecule is CNC(Cc1nc(C2(OC)CCC2)no1)C(C)(C)C. The van der Waals surface area contributed by atoms with Gasteiger partial charge in [-0.2, -0.15) is 4.98 Å². The summed E-state index contributed by atoms with van der Waals surface area (Å²) in [6, 6.07) is 0.306. The zero-order valence-corrected chi connectivity index (χ0v) is 12.6. The zero-order valence-electron chi connectivity index (χ0n) is 12.6. The van der Waals surface area contributed by atoms with Crippen LogP contribution in [0.3, 0.4) is 0 Å². The number of likely N-dealkylation sites (N-methyl/N-ethyl adjacent to an activating group) is 1. The lowest BCUT2D eigenvalue weighted by atomic mass is 9.79. The summed E-state index contributed by atoms with van der Waals surface area (Å²) < 4.78 is 11.0. The highest BCUT2D eigenvalue weighted by Crippen LogP contribution is 2.42. The first kappa shape index (κ1) is 14.5. The number of ether oxygens (including phenoxy) is 1. The predicted molar refractivity (Wildman–Crippen MR) is 72.8 cm³/mol. The molecule has 1 atom stereocenters. The van der Waals surface area contributed by atoms with E-state index in [0.29, 0.717) is 17.8 Å². The molecule has 1 aliphatic carbocycles. The summed E-state index contributed by atoms with van der Waals surface area (Å²) in [5.41, 5.74) is -0.141. The van der Waals surface area contributed by atoms with E-state index >= 15 is 0 Å². The third-order valence-corrected chi connectivity index (χ3v) is 4.20. The lowest BCUT2D eigenvalue weighted by molar-refractivity contribution is -0.0858. The second-order valence-electron chi connectivity index (χ2n) is 6.48. The van der Waals surface area contributed by atoms with Gasteiger partial charge in [-0.05, 0) is 31.7 Å². The average molecular weight is 267 g/mol. The van der Waals surface area contributed by atoms with Gasteiger partial charge in [-0.1, -0.05) is 25.9 Å². The molecule has 1 fully saturated rings. The van der Waals surface area contributed by atoms with E-state index in [-0.39, 0.29) is 11.0 Å². The lowest BCUT2D eigenvalue weighted by Crippen LogP contribution is -2.40. The fourth-order valence-corrected chi connectivity index (χ4v) is 2.56.